The number of nitrogens with two attached hydrogens (primary N) is 1. The summed E-state index contributed by atoms with van der Waals surface area (Å²) in [6.45, 7) is 5.36. The molecule has 0 saturated carbocycles. The summed E-state index contributed by atoms with van der Waals surface area (Å²) in [5.74, 6) is 0. The maximum Gasteiger partial charge on any atom is 0.0702 e. The van der Waals surface area contributed by atoms with Crippen molar-refractivity contribution in [3.63, 3.8) is 0 Å². The Morgan fingerprint density at radius 1 is 1.55 bits per heavy atom. The topological polar surface area (TPSA) is 38.5 Å². The van der Waals surface area contributed by atoms with Gasteiger partial charge in [0.2, 0.25) is 0 Å². The molecule has 0 aliphatic carbocycles. The monoisotopic (exact) mass is 360 g/mol. The van der Waals surface area contributed by atoms with Crippen LogP contribution in [0.3, 0.4) is 0 Å². The average molecular weight is 362 g/mol. The number of likely N-dealkylation sites (tertiary alicyclic amines) is 1. The lowest BCUT2D eigenvalue weighted by Gasteiger charge is -2.38. The minimum absolute atomic E-state index is 0.156. The Kier molecular flexibility index (Phi) is 6.30. The van der Waals surface area contributed by atoms with E-state index in [4.69, 9.17) is 22.1 Å². The third kappa shape index (κ3) is 3.95. The van der Waals surface area contributed by atoms with Crippen molar-refractivity contribution in [2.75, 3.05) is 26.2 Å². The zero-order valence-electron chi connectivity index (χ0n) is 11.8. The highest BCUT2D eigenvalue weighted by Crippen LogP contribution is 2.31. The van der Waals surface area contributed by atoms with Gasteiger partial charge in [-0.05, 0) is 50.1 Å². The lowest BCUT2D eigenvalue weighted by Crippen LogP contribution is -2.44. The van der Waals surface area contributed by atoms with Crippen molar-refractivity contribution in [3.8, 4) is 0 Å². The van der Waals surface area contributed by atoms with Gasteiger partial charge in [0.15, 0.2) is 0 Å². The van der Waals surface area contributed by atoms with E-state index in [0.29, 0.717) is 12.6 Å². The van der Waals surface area contributed by atoms with Gasteiger partial charge in [-0.15, -0.1) is 0 Å². The fourth-order valence-corrected chi connectivity index (χ4v) is 3.49. The van der Waals surface area contributed by atoms with Gasteiger partial charge in [-0.2, -0.15) is 0 Å². The van der Waals surface area contributed by atoms with Crippen LogP contribution >= 0.6 is 27.5 Å². The Morgan fingerprint density at radius 2 is 2.35 bits per heavy atom. The second-order valence-electron chi connectivity index (χ2n) is 5.13. The Morgan fingerprint density at radius 3 is 3.05 bits per heavy atom. The third-order valence-corrected chi connectivity index (χ3v) is 4.63. The summed E-state index contributed by atoms with van der Waals surface area (Å²) >= 11 is 9.86. The first-order valence-corrected chi connectivity index (χ1v) is 8.33. The molecule has 0 bridgehead atoms. The first-order chi connectivity index (χ1) is 9.65. The Labute approximate surface area is 134 Å². The van der Waals surface area contributed by atoms with Crippen LogP contribution in [0.15, 0.2) is 22.7 Å². The first kappa shape index (κ1) is 16.2. The molecular weight excluding hydrogens is 340 g/mol. The van der Waals surface area contributed by atoms with E-state index in [1.807, 2.05) is 19.1 Å². The second-order valence-corrected chi connectivity index (χ2v) is 6.45. The highest BCUT2D eigenvalue weighted by atomic mass is 79.9. The van der Waals surface area contributed by atoms with Gasteiger partial charge in [-0.1, -0.05) is 27.5 Å². The molecule has 0 spiro atoms. The molecular formula is C15H22BrClN2O. The molecule has 5 heteroatoms. The molecule has 2 atom stereocenters. The number of benzene rings is 1. The summed E-state index contributed by atoms with van der Waals surface area (Å²) in [5.41, 5.74) is 7.12. The summed E-state index contributed by atoms with van der Waals surface area (Å²) in [7, 11) is 0. The lowest BCUT2D eigenvalue weighted by atomic mass is 10.0. The normalized spacial score (nSPS) is 21.9. The molecule has 2 rings (SSSR count). The predicted molar refractivity (Wildman–Crippen MR) is 87.2 cm³/mol. The van der Waals surface area contributed by atoms with Gasteiger partial charge in [0.05, 0.1) is 6.10 Å². The van der Waals surface area contributed by atoms with Crippen molar-refractivity contribution in [2.45, 2.75) is 31.9 Å². The molecule has 1 fully saturated rings. The molecule has 20 heavy (non-hydrogen) atoms. The van der Waals surface area contributed by atoms with E-state index in [1.165, 1.54) is 0 Å². The molecule has 3 nitrogen and oxygen atoms in total. The van der Waals surface area contributed by atoms with Crippen LogP contribution in [0.4, 0.5) is 0 Å². The molecule has 0 amide bonds. The number of halogens is 2. The summed E-state index contributed by atoms with van der Waals surface area (Å²) in [4.78, 5) is 2.40. The number of nitrogens with zero attached hydrogens (tertiary/aromatic N) is 1. The van der Waals surface area contributed by atoms with Crippen LogP contribution in [-0.2, 0) is 4.74 Å². The highest BCUT2D eigenvalue weighted by molar-refractivity contribution is 9.10. The molecule has 112 valence electrons. The Bertz CT molecular complexity index is 442. The fraction of sp³-hybridized carbons (Fsp3) is 0.600. The summed E-state index contributed by atoms with van der Waals surface area (Å²) in [6, 6.07) is 6.11. The van der Waals surface area contributed by atoms with E-state index in [-0.39, 0.29) is 6.04 Å². The van der Waals surface area contributed by atoms with Crippen LogP contribution in [0.25, 0.3) is 0 Å². The Balaban J connectivity index is 2.16. The maximum atomic E-state index is 6.35. The summed E-state index contributed by atoms with van der Waals surface area (Å²) < 4.78 is 6.81. The molecule has 1 heterocycles. The van der Waals surface area contributed by atoms with E-state index in [2.05, 4.69) is 26.9 Å². The summed E-state index contributed by atoms with van der Waals surface area (Å²) in [6.07, 6.45) is 2.59. The predicted octanol–water partition coefficient (Wildman–Crippen LogP) is 3.60. The van der Waals surface area contributed by atoms with Gasteiger partial charge in [-0.3, -0.25) is 4.90 Å². The molecule has 0 radical (unpaired) electrons. The Hall–Kier alpha value is -0.130. The van der Waals surface area contributed by atoms with Crippen molar-refractivity contribution in [1.82, 2.24) is 4.90 Å². The molecule has 2 unspecified atom stereocenters. The van der Waals surface area contributed by atoms with E-state index >= 15 is 0 Å². The van der Waals surface area contributed by atoms with E-state index in [0.717, 1.165) is 47.6 Å². The standard InChI is InChI=1S/C15H22BrClN2O/c1-2-20-12-4-3-7-19(10-12)15(9-18)13-8-11(16)5-6-14(13)17/h5-6,8,12,15H,2-4,7,9-10,18H2,1H3. The number of ether oxygens (including phenoxy) is 1. The molecule has 1 aliphatic rings. The number of piperidine rings is 1. The average Bonchev–Trinajstić information content (AvgIpc) is 2.44. The summed E-state index contributed by atoms with van der Waals surface area (Å²) in [5, 5.41) is 0.780. The van der Waals surface area contributed by atoms with Crippen molar-refractivity contribution in [2.24, 2.45) is 5.73 Å². The SMILES string of the molecule is CCOC1CCCN(C(CN)c2cc(Br)ccc2Cl)C1. The van der Waals surface area contributed by atoms with Crippen molar-refractivity contribution in [1.29, 1.82) is 0 Å². The van der Waals surface area contributed by atoms with E-state index < -0.39 is 0 Å². The largest absolute Gasteiger partial charge is 0.377 e. The molecule has 1 aliphatic heterocycles. The van der Waals surface area contributed by atoms with Gasteiger partial charge < -0.3 is 10.5 Å². The van der Waals surface area contributed by atoms with Crippen LogP contribution in [0.2, 0.25) is 5.02 Å². The second kappa shape index (κ2) is 7.76. The van der Waals surface area contributed by atoms with Gasteiger partial charge in [-0.25, -0.2) is 0 Å². The van der Waals surface area contributed by atoms with Gasteiger partial charge >= 0.3 is 0 Å². The van der Waals surface area contributed by atoms with Crippen molar-refractivity contribution < 1.29 is 4.74 Å². The zero-order valence-corrected chi connectivity index (χ0v) is 14.2. The number of hydrogen-bond donors (Lipinski definition) is 1. The molecule has 1 aromatic rings. The van der Waals surface area contributed by atoms with E-state index in [9.17, 15) is 0 Å². The van der Waals surface area contributed by atoms with Crippen molar-refractivity contribution in [3.05, 3.63) is 33.3 Å². The molecule has 2 N–H and O–H groups in total. The maximum absolute atomic E-state index is 6.35. The van der Waals surface area contributed by atoms with Crippen LogP contribution in [-0.4, -0.2) is 37.2 Å². The van der Waals surface area contributed by atoms with Gasteiger partial charge in [0, 0.05) is 35.2 Å². The fourth-order valence-electron chi connectivity index (χ4n) is 2.86. The number of rotatable bonds is 5. The van der Waals surface area contributed by atoms with Crippen molar-refractivity contribution >= 4 is 27.5 Å². The van der Waals surface area contributed by atoms with Crippen LogP contribution in [0.5, 0.6) is 0 Å². The first-order valence-electron chi connectivity index (χ1n) is 7.16. The highest BCUT2D eigenvalue weighted by Gasteiger charge is 2.27. The molecule has 1 saturated heterocycles. The minimum Gasteiger partial charge on any atom is -0.377 e. The lowest BCUT2D eigenvalue weighted by molar-refractivity contribution is -0.00659. The molecule has 0 aromatic heterocycles. The van der Waals surface area contributed by atoms with Gasteiger partial charge in [0.1, 0.15) is 0 Å². The van der Waals surface area contributed by atoms with Crippen LogP contribution in [0.1, 0.15) is 31.4 Å². The van der Waals surface area contributed by atoms with Crippen LogP contribution < -0.4 is 5.73 Å². The smallest absolute Gasteiger partial charge is 0.0702 e. The molecule has 1 aromatic carbocycles. The minimum atomic E-state index is 0.156. The van der Waals surface area contributed by atoms with E-state index in [1.54, 1.807) is 0 Å². The number of hydrogen-bond acceptors (Lipinski definition) is 3. The zero-order chi connectivity index (χ0) is 14.5. The third-order valence-electron chi connectivity index (χ3n) is 3.79. The quantitative estimate of drug-likeness (QED) is 0.871. The van der Waals surface area contributed by atoms with Crippen LogP contribution in [0, 0.1) is 0 Å². The van der Waals surface area contributed by atoms with Gasteiger partial charge in [0.25, 0.3) is 0 Å².